The van der Waals surface area contributed by atoms with E-state index in [9.17, 15) is 4.79 Å². The molecule has 7 nitrogen and oxygen atoms in total. The van der Waals surface area contributed by atoms with Crippen LogP contribution in [0.4, 0.5) is 0 Å². The standard InChI is InChI=1S/C23H14ClN3O4S/c24-14-7-5-13(6-8-14)16-10-9-15(30-16)11-20-22(28)27-23(32-20)25-21(26-27)19-12-29-17-3-1-2-4-18(17)31-19/h1-11,19H,12H2/b20-11+/t19-/m0/s1. The molecule has 0 fully saturated rings. The molecule has 1 aliphatic heterocycles. The first-order valence-electron chi connectivity index (χ1n) is 9.79. The van der Waals surface area contributed by atoms with Gasteiger partial charge in [0, 0.05) is 16.7 Å². The molecule has 32 heavy (non-hydrogen) atoms. The summed E-state index contributed by atoms with van der Waals surface area (Å²) in [6.45, 7) is 0.280. The Morgan fingerprint density at radius 2 is 1.88 bits per heavy atom. The summed E-state index contributed by atoms with van der Waals surface area (Å²) >= 11 is 7.18. The zero-order valence-corrected chi connectivity index (χ0v) is 18.0. The quantitative estimate of drug-likeness (QED) is 0.400. The average Bonchev–Trinajstić information content (AvgIpc) is 3.52. The Labute approximate surface area is 190 Å². The van der Waals surface area contributed by atoms with Crippen LogP contribution >= 0.6 is 22.9 Å². The predicted octanol–water partition coefficient (Wildman–Crippen LogP) is 4.12. The number of furan rings is 1. The number of para-hydroxylation sites is 2. The molecule has 0 aliphatic carbocycles. The second-order valence-electron chi connectivity index (χ2n) is 7.15. The fourth-order valence-electron chi connectivity index (χ4n) is 3.46. The Balaban J connectivity index is 1.30. The van der Waals surface area contributed by atoms with E-state index in [0.717, 1.165) is 5.56 Å². The second-order valence-corrected chi connectivity index (χ2v) is 8.60. The average molecular weight is 464 g/mol. The van der Waals surface area contributed by atoms with Crippen LogP contribution in [0.1, 0.15) is 17.7 Å². The van der Waals surface area contributed by atoms with E-state index in [-0.39, 0.29) is 12.2 Å². The molecule has 0 N–H and O–H groups in total. The first-order valence-corrected chi connectivity index (χ1v) is 11.0. The lowest BCUT2D eigenvalue weighted by atomic mass is 10.2. The van der Waals surface area contributed by atoms with Crippen molar-refractivity contribution in [3.63, 3.8) is 0 Å². The predicted molar refractivity (Wildman–Crippen MR) is 120 cm³/mol. The lowest BCUT2D eigenvalue weighted by molar-refractivity contribution is 0.0852. The number of ether oxygens (including phenoxy) is 2. The summed E-state index contributed by atoms with van der Waals surface area (Å²) in [4.78, 5) is 17.8. The number of hydrogen-bond donors (Lipinski definition) is 0. The molecule has 4 heterocycles. The molecule has 0 radical (unpaired) electrons. The van der Waals surface area contributed by atoms with Crippen molar-refractivity contribution in [1.29, 1.82) is 0 Å². The Hall–Kier alpha value is -3.62. The van der Waals surface area contributed by atoms with Crippen molar-refractivity contribution in [2.75, 3.05) is 6.61 Å². The number of benzene rings is 2. The molecule has 0 amide bonds. The van der Waals surface area contributed by atoms with Crippen LogP contribution in [0.3, 0.4) is 0 Å². The molecule has 2 aromatic carbocycles. The molecule has 0 unspecified atom stereocenters. The van der Waals surface area contributed by atoms with Crippen LogP contribution in [0.2, 0.25) is 5.02 Å². The van der Waals surface area contributed by atoms with E-state index < -0.39 is 6.10 Å². The minimum Gasteiger partial charge on any atom is -0.485 e. The topological polar surface area (TPSA) is 78.9 Å². The number of fused-ring (bicyclic) bond motifs is 2. The van der Waals surface area contributed by atoms with Gasteiger partial charge in [0.05, 0.1) is 0 Å². The Morgan fingerprint density at radius 3 is 2.69 bits per heavy atom. The van der Waals surface area contributed by atoms with Gasteiger partial charge in [0.1, 0.15) is 22.7 Å². The highest BCUT2D eigenvalue weighted by molar-refractivity contribution is 7.15. The van der Waals surface area contributed by atoms with Crippen LogP contribution in [0.25, 0.3) is 22.4 Å². The summed E-state index contributed by atoms with van der Waals surface area (Å²) in [6.07, 6.45) is 1.22. The number of rotatable bonds is 3. The van der Waals surface area contributed by atoms with Crippen molar-refractivity contribution in [2.45, 2.75) is 6.10 Å². The smallest absolute Gasteiger partial charge is 0.291 e. The third-order valence-electron chi connectivity index (χ3n) is 5.02. The molecular weight excluding hydrogens is 450 g/mol. The van der Waals surface area contributed by atoms with Gasteiger partial charge in [-0.3, -0.25) is 4.79 Å². The van der Waals surface area contributed by atoms with E-state index in [0.29, 0.717) is 43.4 Å². The highest BCUT2D eigenvalue weighted by Gasteiger charge is 2.27. The molecule has 5 aromatic rings. The van der Waals surface area contributed by atoms with E-state index in [1.807, 2.05) is 48.5 Å². The summed E-state index contributed by atoms with van der Waals surface area (Å²) in [5.41, 5.74) is 0.644. The van der Waals surface area contributed by atoms with Gasteiger partial charge in [0.25, 0.3) is 5.56 Å². The second kappa shape index (κ2) is 7.51. The van der Waals surface area contributed by atoms with E-state index >= 15 is 0 Å². The van der Waals surface area contributed by atoms with Crippen LogP contribution in [0, 0.1) is 0 Å². The first-order chi connectivity index (χ1) is 15.6. The van der Waals surface area contributed by atoms with E-state index in [4.69, 9.17) is 25.5 Å². The third-order valence-corrected chi connectivity index (χ3v) is 6.23. The van der Waals surface area contributed by atoms with Gasteiger partial charge in [0.2, 0.25) is 4.96 Å². The summed E-state index contributed by atoms with van der Waals surface area (Å²) in [5.74, 6) is 2.99. The summed E-state index contributed by atoms with van der Waals surface area (Å²) in [7, 11) is 0. The van der Waals surface area contributed by atoms with Crippen molar-refractivity contribution < 1.29 is 13.9 Å². The number of aromatic nitrogens is 3. The Morgan fingerprint density at radius 1 is 1.06 bits per heavy atom. The van der Waals surface area contributed by atoms with E-state index in [1.54, 1.807) is 18.2 Å². The first kappa shape index (κ1) is 19.1. The minimum absolute atomic E-state index is 0.259. The zero-order valence-electron chi connectivity index (χ0n) is 16.4. The van der Waals surface area contributed by atoms with Gasteiger partial charge in [-0.05, 0) is 48.5 Å². The molecule has 0 bridgehead atoms. The highest BCUT2D eigenvalue weighted by Crippen LogP contribution is 2.35. The van der Waals surface area contributed by atoms with Gasteiger partial charge < -0.3 is 13.9 Å². The Kier molecular flexibility index (Phi) is 4.48. The van der Waals surface area contributed by atoms with Gasteiger partial charge >= 0.3 is 0 Å². The Bertz CT molecular complexity index is 1550. The molecule has 0 saturated heterocycles. The molecule has 9 heteroatoms. The van der Waals surface area contributed by atoms with Crippen molar-refractivity contribution in [3.8, 4) is 22.8 Å². The minimum atomic E-state index is -0.476. The molecule has 3 aromatic heterocycles. The monoisotopic (exact) mass is 463 g/mol. The maximum absolute atomic E-state index is 12.9. The van der Waals surface area contributed by atoms with Crippen LogP contribution in [0.15, 0.2) is 69.9 Å². The number of halogens is 1. The van der Waals surface area contributed by atoms with Gasteiger partial charge in [0.15, 0.2) is 23.4 Å². The molecule has 6 rings (SSSR count). The molecule has 0 saturated carbocycles. The van der Waals surface area contributed by atoms with E-state index in [1.165, 1.54) is 15.9 Å². The van der Waals surface area contributed by atoms with E-state index in [2.05, 4.69) is 10.1 Å². The van der Waals surface area contributed by atoms with Crippen LogP contribution in [0.5, 0.6) is 11.5 Å². The maximum atomic E-state index is 12.9. The molecular formula is C23H14ClN3O4S. The number of hydrogen-bond acceptors (Lipinski definition) is 7. The SMILES string of the molecule is O=c1/c(=C\c2ccc(-c3ccc(Cl)cc3)o2)sc2nc([C@@H]3COc4ccccc4O3)nn12. The zero-order chi connectivity index (χ0) is 21.7. The summed E-state index contributed by atoms with van der Waals surface area (Å²) in [6, 6.07) is 18.5. The van der Waals surface area contributed by atoms with Gasteiger partial charge in [-0.2, -0.15) is 9.50 Å². The van der Waals surface area contributed by atoms with Crippen LogP contribution in [-0.2, 0) is 0 Å². The maximum Gasteiger partial charge on any atom is 0.291 e. The largest absolute Gasteiger partial charge is 0.485 e. The van der Waals surface area contributed by atoms with Crippen molar-refractivity contribution in [2.24, 2.45) is 0 Å². The number of thiazole rings is 1. The van der Waals surface area contributed by atoms with Gasteiger partial charge in [-0.25, -0.2) is 0 Å². The highest BCUT2D eigenvalue weighted by atomic mass is 35.5. The van der Waals surface area contributed by atoms with Crippen LogP contribution in [-0.4, -0.2) is 21.2 Å². The van der Waals surface area contributed by atoms with Crippen LogP contribution < -0.4 is 19.6 Å². The molecule has 0 spiro atoms. The van der Waals surface area contributed by atoms with Crippen molar-refractivity contribution in [3.05, 3.63) is 92.2 Å². The molecule has 158 valence electrons. The molecule has 1 atom stereocenters. The summed E-state index contributed by atoms with van der Waals surface area (Å²) in [5, 5.41) is 5.03. The number of nitrogens with zero attached hydrogens (tertiary/aromatic N) is 3. The van der Waals surface area contributed by atoms with Gasteiger partial charge in [-0.15, -0.1) is 5.10 Å². The van der Waals surface area contributed by atoms with Gasteiger partial charge in [-0.1, -0.05) is 35.1 Å². The van der Waals surface area contributed by atoms with Crippen molar-refractivity contribution in [1.82, 2.24) is 14.6 Å². The fraction of sp³-hybridized carbons (Fsp3) is 0.0870. The summed E-state index contributed by atoms with van der Waals surface area (Å²) < 4.78 is 19.3. The normalized spacial score (nSPS) is 16.0. The molecule has 1 aliphatic rings. The lowest BCUT2D eigenvalue weighted by Crippen LogP contribution is -2.26. The fourth-order valence-corrected chi connectivity index (χ4v) is 4.48. The lowest BCUT2D eigenvalue weighted by Gasteiger charge is -2.24. The third kappa shape index (κ3) is 3.34. The van der Waals surface area contributed by atoms with Crippen molar-refractivity contribution >= 4 is 34.0 Å².